The van der Waals surface area contributed by atoms with Crippen molar-refractivity contribution in [3.05, 3.63) is 51.0 Å². The molecule has 23 heavy (non-hydrogen) atoms. The fourth-order valence-electron chi connectivity index (χ4n) is 2.73. The van der Waals surface area contributed by atoms with E-state index in [2.05, 4.69) is 4.98 Å². The highest BCUT2D eigenvalue weighted by Gasteiger charge is 2.22. The highest BCUT2D eigenvalue weighted by atomic mass is 32.1. The van der Waals surface area contributed by atoms with E-state index in [4.69, 9.17) is 5.21 Å². The van der Waals surface area contributed by atoms with E-state index in [0.29, 0.717) is 31.5 Å². The summed E-state index contributed by atoms with van der Waals surface area (Å²) in [5, 5.41) is 11.6. The van der Waals surface area contributed by atoms with Gasteiger partial charge in [-0.25, -0.2) is 10.5 Å². The van der Waals surface area contributed by atoms with Gasteiger partial charge < -0.3 is 4.90 Å². The summed E-state index contributed by atoms with van der Waals surface area (Å²) in [6.45, 7) is 3.09. The predicted octanol–water partition coefficient (Wildman–Crippen LogP) is 1.70. The number of hydrogen-bond donors (Lipinski definition) is 2. The quantitative estimate of drug-likeness (QED) is 0.662. The van der Waals surface area contributed by atoms with Crippen molar-refractivity contribution in [3.8, 4) is 0 Å². The summed E-state index contributed by atoms with van der Waals surface area (Å²) in [5.41, 5.74) is 4.95. The largest absolute Gasteiger partial charge is 0.338 e. The minimum Gasteiger partial charge on any atom is -0.338 e. The molecule has 1 aliphatic rings. The van der Waals surface area contributed by atoms with Gasteiger partial charge in [-0.15, -0.1) is 11.3 Å². The molecule has 1 aromatic carbocycles. The summed E-state index contributed by atoms with van der Waals surface area (Å²) in [4.78, 5) is 30.0. The second-order valence-corrected chi connectivity index (χ2v) is 6.59. The van der Waals surface area contributed by atoms with Crippen LogP contribution >= 0.6 is 11.3 Å². The van der Waals surface area contributed by atoms with Gasteiger partial charge in [0, 0.05) is 24.0 Å². The number of carbonyl (C=O) groups is 2. The number of rotatable bonds is 3. The van der Waals surface area contributed by atoms with Crippen LogP contribution in [0.3, 0.4) is 0 Å². The van der Waals surface area contributed by atoms with Gasteiger partial charge in [0.15, 0.2) is 0 Å². The predicted molar refractivity (Wildman–Crippen MR) is 85.4 cm³/mol. The van der Waals surface area contributed by atoms with Crippen molar-refractivity contribution in [2.24, 2.45) is 0 Å². The fraction of sp³-hybridized carbons (Fsp3) is 0.312. The van der Waals surface area contributed by atoms with E-state index in [0.717, 1.165) is 21.8 Å². The van der Waals surface area contributed by atoms with Gasteiger partial charge in [0.2, 0.25) is 5.91 Å². The number of hydroxylamine groups is 1. The fourth-order valence-corrected chi connectivity index (χ4v) is 3.34. The zero-order valence-electron chi connectivity index (χ0n) is 12.7. The monoisotopic (exact) mass is 331 g/mol. The third-order valence-electron chi connectivity index (χ3n) is 3.93. The van der Waals surface area contributed by atoms with Gasteiger partial charge in [-0.1, -0.05) is 6.07 Å². The number of thiazole rings is 1. The Hall–Kier alpha value is -2.25. The number of aryl methyl sites for hydroxylation is 1. The van der Waals surface area contributed by atoms with Crippen LogP contribution in [-0.4, -0.2) is 33.5 Å². The average Bonchev–Trinajstić information content (AvgIpc) is 2.97. The molecule has 0 aliphatic carbocycles. The molecule has 3 rings (SSSR count). The van der Waals surface area contributed by atoms with Gasteiger partial charge in [0.1, 0.15) is 0 Å². The van der Waals surface area contributed by atoms with Gasteiger partial charge in [0.05, 0.1) is 17.1 Å². The lowest BCUT2D eigenvalue weighted by molar-refractivity contribution is -0.131. The van der Waals surface area contributed by atoms with Crippen molar-refractivity contribution in [2.45, 2.75) is 26.3 Å². The van der Waals surface area contributed by atoms with Gasteiger partial charge in [-0.3, -0.25) is 14.8 Å². The Kier molecular flexibility index (Phi) is 4.40. The van der Waals surface area contributed by atoms with E-state index < -0.39 is 5.91 Å². The van der Waals surface area contributed by atoms with Crippen LogP contribution in [0.15, 0.2) is 23.6 Å². The molecule has 2 amide bonds. The van der Waals surface area contributed by atoms with Crippen molar-refractivity contribution in [3.63, 3.8) is 0 Å². The van der Waals surface area contributed by atoms with Crippen LogP contribution in [0.4, 0.5) is 0 Å². The molecule has 0 bridgehead atoms. The number of nitrogens with one attached hydrogen (secondary N) is 1. The lowest BCUT2D eigenvalue weighted by Crippen LogP contribution is -2.37. The highest BCUT2D eigenvalue weighted by Crippen LogP contribution is 2.21. The summed E-state index contributed by atoms with van der Waals surface area (Å²) in [6, 6.07) is 5.26. The van der Waals surface area contributed by atoms with Crippen LogP contribution in [0.2, 0.25) is 0 Å². The Labute approximate surface area is 137 Å². The smallest absolute Gasteiger partial charge is 0.274 e. The molecule has 0 saturated carbocycles. The molecule has 1 aliphatic heterocycles. The van der Waals surface area contributed by atoms with Crippen molar-refractivity contribution < 1.29 is 14.8 Å². The van der Waals surface area contributed by atoms with Crippen molar-refractivity contribution in [1.29, 1.82) is 0 Å². The molecule has 2 aromatic rings. The van der Waals surface area contributed by atoms with Gasteiger partial charge in [-0.2, -0.15) is 0 Å². The number of carbonyl (C=O) groups excluding carboxylic acids is 2. The second-order valence-electron chi connectivity index (χ2n) is 5.52. The molecule has 2 N–H and O–H groups in total. The van der Waals surface area contributed by atoms with E-state index in [1.165, 1.54) is 0 Å². The molecule has 0 radical (unpaired) electrons. The molecule has 0 spiro atoms. The van der Waals surface area contributed by atoms with Crippen LogP contribution in [0, 0.1) is 6.92 Å². The van der Waals surface area contributed by atoms with Crippen LogP contribution < -0.4 is 5.48 Å². The second kappa shape index (κ2) is 6.47. The van der Waals surface area contributed by atoms with Crippen LogP contribution in [0.25, 0.3) is 0 Å². The van der Waals surface area contributed by atoms with Gasteiger partial charge in [0.25, 0.3) is 5.91 Å². The van der Waals surface area contributed by atoms with E-state index >= 15 is 0 Å². The summed E-state index contributed by atoms with van der Waals surface area (Å²) in [6.07, 6.45) is 1.02. The molecule has 0 saturated heterocycles. The zero-order valence-corrected chi connectivity index (χ0v) is 13.5. The van der Waals surface area contributed by atoms with E-state index in [1.54, 1.807) is 28.9 Å². The van der Waals surface area contributed by atoms with Crippen LogP contribution in [-0.2, 0) is 24.2 Å². The number of hydrogen-bond acceptors (Lipinski definition) is 5. The Morgan fingerprint density at radius 2 is 2.22 bits per heavy atom. The number of amides is 2. The molecule has 0 fully saturated rings. The molecule has 0 atom stereocenters. The molecule has 0 unspecified atom stereocenters. The first-order valence-electron chi connectivity index (χ1n) is 7.32. The Morgan fingerprint density at radius 1 is 1.39 bits per heavy atom. The lowest BCUT2D eigenvalue weighted by Gasteiger charge is -2.29. The maximum absolute atomic E-state index is 12.4. The number of nitrogens with zero attached hydrogens (tertiary/aromatic N) is 2. The molecule has 1 aromatic heterocycles. The summed E-state index contributed by atoms with van der Waals surface area (Å²) >= 11 is 1.55. The third kappa shape index (κ3) is 3.40. The standard InChI is InChI=1S/C16H17N3O3S/c1-10-17-14(9-23-10)7-15(20)19-5-4-11-6-12(16(21)18-22)2-3-13(11)8-19/h2-3,6,9,22H,4-5,7-8H2,1H3,(H,18,21). The molecule has 120 valence electrons. The van der Waals surface area contributed by atoms with Gasteiger partial charge in [-0.05, 0) is 36.6 Å². The van der Waals surface area contributed by atoms with E-state index in [1.807, 2.05) is 23.3 Å². The summed E-state index contributed by atoms with van der Waals surface area (Å²) in [7, 11) is 0. The first kappa shape index (κ1) is 15.6. The Balaban J connectivity index is 1.70. The maximum Gasteiger partial charge on any atom is 0.274 e. The molecular formula is C16H17N3O3S. The zero-order chi connectivity index (χ0) is 16.4. The SMILES string of the molecule is Cc1nc(CC(=O)N2CCc3cc(C(=O)NO)ccc3C2)cs1. The number of benzene rings is 1. The summed E-state index contributed by atoms with van der Waals surface area (Å²) in [5.74, 6) is -0.455. The van der Waals surface area contributed by atoms with Crippen molar-refractivity contribution in [2.75, 3.05) is 6.54 Å². The van der Waals surface area contributed by atoms with Crippen molar-refractivity contribution >= 4 is 23.2 Å². The number of aromatic nitrogens is 1. The molecule has 7 heteroatoms. The van der Waals surface area contributed by atoms with Crippen LogP contribution in [0.1, 0.15) is 32.2 Å². The first-order chi connectivity index (χ1) is 11.1. The Morgan fingerprint density at radius 3 is 2.91 bits per heavy atom. The first-order valence-corrected chi connectivity index (χ1v) is 8.20. The van der Waals surface area contributed by atoms with E-state index in [9.17, 15) is 9.59 Å². The highest BCUT2D eigenvalue weighted by molar-refractivity contribution is 7.09. The summed E-state index contributed by atoms with van der Waals surface area (Å²) < 4.78 is 0. The third-order valence-corrected chi connectivity index (χ3v) is 4.76. The minimum atomic E-state index is -0.523. The van der Waals surface area contributed by atoms with Crippen molar-refractivity contribution in [1.82, 2.24) is 15.4 Å². The normalized spacial score (nSPS) is 13.6. The van der Waals surface area contributed by atoms with Crippen LogP contribution in [0.5, 0.6) is 0 Å². The lowest BCUT2D eigenvalue weighted by atomic mass is 9.97. The molecule has 2 heterocycles. The topological polar surface area (TPSA) is 82.5 Å². The molecule has 6 nitrogen and oxygen atoms in total. The average molecular weight is 331 g/mol. The minimum absolute atomic E-state index is 0.0677. The number of fused-ring (bicyclic) bond motifs is 1. The van der Waals surface area contributed by atoms with E-state index in [-0.39, 0.29) is 5.91 Å². The van der Waals surface area contributed by atoms with Gasteiger partial charge >= 0.3 is 0 Å². The maximum atomic E-state index is 12.4. The Bertz CT molecular complexity index is 757. The molecular weight excluding hydrogens is 314 g/mol.